The molecule has 0 aliphatic carbocycles. The van der Waals surface area contributed by atoms with Crippen LogP contribution in [-0.4, -0.2) is 46.5 Å². The molecule has 9 nitrogen and oxygen atoms in total. The number of nitrogens with zero attached hydrogens (tertiary/aromatic N) is 8. The molecule has 0 aliphatic rings. The first-order valence-corrected chi connectivity index (χ1v) is 6.00. The van der Waals surface area contributed by atoms with Crippen LogP contribution in [0.4, 0.5) is 5.95 Å². The number of anilines is 1. The lowest BCUT2D eigenvalue weighted by atomic mass is 10.4. The third-order valence-electron chi connectivity index (χ3n) is 2.66. The smallest absolute Gasteiger partial charge is 0.258 e. The number of aromatic nitrogens is 8. The first kappa shape index (κ1) is 12.2. The number of hydrogen-bond acceptors (Lipinski definition) is 7. The van der Waals surface area contributed by atoms with Crippen LogP contribution in [0.25, 0.3) is 11.9 Å². The molecule has 0 atom stereocenters. The molecule has 0 amide bonds. The first-order valence-electron chi connectivity index (χ1n) is 6.00. The van der Waals surface area contributed by atoms with Gasteiger partial charge in [0.15, 0.2) is 0 Å². The van der Waals surface area contributed by atoms with E-state index in [1.165, 1.54) is 17.3 Å². The van der Waals surface area contributed by atoms with E-state index < -0.39 is 0 Å². The molecule has 0 saturated carbocycles. The van der Waals surface area contributed by atoms with Crippen LogP contribution in [-0.2, 0) is 0 Å². The molecule has 0 saturated heterocycles. The Kier molecular flexibility index (Phi) is 2.86. The van der Waals surface area contributed by atoms with E-state index in [9.17, 15) is 0 Å². The Balaban J connectivity index is 2.16. The summed E-state index contributed by atoms with van der Waals surface area (Å²) in [6.07, 6.45) is 2.95. The van der Waals surface area contributed by atoms with Gasteiger partial charge in [-0.2, -0.15) is 29.8 Å². The molecule has 0 bridgehead atoms. The summed E-state index contributed by atoms with van der Waals surface area (Å²) in [7, 11) is 1.74. The normalized spacial score (nSPS) is 10.8. The summed E-state index contributed by atoms with van der Waals surface area (Å²) in [5.74, 6) is 1.25. The molecule has 9 heteroatoms. The minimum absolute atomic E-state index is 0.379. The van der Waals surface area contributed by atoms with Crippen LogP contribution < -0.4 is 5.32 Å². The zero-order valence-corrected chi connectivity index (χ0v) is 11.3. The van der Waals surface area contributed by atoms with Crippen molar-refractivity contribution in [2.45, 2.75) is 13.8 Å². The van der Waals surface area contributed by atoms with Gasteiger partial charge in [-0.15, -0.1) is 0 Å². The molecular weight excluding hydrogens is 258 g/mol. The van der Waals surface area contributed by atoms with E-state index in [1.807, 2.05) is 19.9 Å². The fourth-order valence-corrected chi connectivity index (χ4v) is 1.81. The van der Waals surface area contributed by atoms with Crippen LogP contribution in [0.3, 0.4) is 0 Å². The highest BCUT2D eigenvalue weighted by Crippen LogP contribution is 2.11. The SMILES string of the molecule is CNc1nc(-n2cncn2)nc(-n2nc(C)cc2C)n1. The van der Waals surface area contributed by atoms with Crippen molar-refractivity contribution in [3.63, 3.8) is 0 Å². The summed E-state index contributed by atoms with van der Waals surface area (Å²) in [5.41, 5.74) is 1.84. The molecule has 20 heavy (non-hydrogen) atoms. The Labute approximate surface area is 114 Å². The van der Waals surface area contributed by atoms with Gasteiger partial charge in [-0.25, -0.2) is 9.67 Å². The number of hydrogen-bond donors (Lipinski definition) is 1. The maximum absolute atomic E-state index is 4.37. The molecule has 0 spiro atoms. The highest BCUT2D eigenvalue weighted by Gasteiger charge is 2.12. The largest absolute Gasteiger partial charge is 0.357 e. The van der Waals surface area contributed by atoms with E-state index >= 15 is 0 Å². The average Bonchev–Trinajstić information content (AvgIpc) is 3.08. The average molecular weight is 271 g/mol. The summed E-state index contributed by atoms with van der Waals surface area (Å²) in [6, 6.07) is 1.96. The molecule has 3 aromatic heterocycles. The summed E-state index contributed by atoms with van der Waals surface area (Å²) in [5, 5.41) is 11.3. The minimum atomic E-state index is 0.379. The molecule has 0 aliphatic heterocycles. The van der Waals surface area contributed by atoms with E-state index in [-0.39, 0.29) is 0 Å². The second-order valence-electron chi connectivity index (χ2n) is 4.19. The number of nitrogens with one attached hydrogen (secondary N) is 1. The number of aryl methyl sites for hydroxylation is 2. The van der Waals surface area contributed by atoms with Gasteiger partial charge in [0.05, 0.1) is 5.69 Å². The Hall–Kier alpha value is -2.84. The van der Waals surface area contributed by atoms with Gasteiger partial charge in [-0.05, 0) is 19.9 Å². The molecular formula is C11H13N9. The Morgan fingerprint density at radius 3 is 2.50 bits per heavy atom. The van der Waals surface area contributed by atoms with Crippen LogP contribution in [0.2, 0.25) is 0 Å². The molecule has 3 aromatic rings. The van der Waals surface area contributed by atoms with E-state index in [0.29, 0.717) is 17.8 Å². The van der Waals surface area contributed by atoms with Crippen molar-refractivity contribution in [1.82, 2.24) is 39.5 Å². The van der Waals surface area contributed by atoms with Crippen LogP contribution in [0.1, 0.15) is 11.4 Å². The Morgan fingerprint density at radius 1 is 1.10 bits per heavy atom. The quantitative estimate of drug-likeness (QED) is 0.731. The van der Waals surface area contributed by atoms with Crippen LogP contribution >= 0.6 is 0 Å². The highest BCUT2D eigenvalue weighted by molar-refractivity contribution is 5.32. The molecule has 3 heterocycles. The molecule has 0 aromatic carbocycles. The van der Waals surface area contributed by atoms with E-state index in [4.69, 9.17) is 0 Å². The van der Waals surface area contributed by atoms with Gasteiger partial charge < -0.3 is 5.32 Å². The van der Waals surface area contributed by atoms with Crippen molar-refractivity contribution in [2.24, 2.45) is 0 Å². The van der Waals surface area contributed by atoms with Crippen LogP contribution in [0, 0.1) is 13.8 Å². The molecule has 0 fully saturated rings. The lowest BCUT2D eigenvalue weighted by Crippen LogP contribution is -2.13. The topological polar surface area (TPSA) is 99.2 Å². The summed E-state index contributed by atoms with van der Waals surface area (Å²) < 4.78 is 3.13. The summed E-state index contributed by atoms with van der Waals surface area (Å²) in [6.45, 7) is 3.86. The molecule has 1 N–H and O–H groups in total. The first-order chi connectivity index (χ1) is 9.67. The fraction of sp³-hybridized carbons (Fsp3) is 0.273. The highest BCUT2D eigenvalue weighted by atomic mass is 15.4. The minimum Gasteiger partial charge on any atom is -0.357 e. The van der Waals surface area contributed by atoms with Gasteiger partial charge in [-0.3, -0.25) is 0 Å². The van der Waals surface area contributed by atoms with Crippen molar-refractivity contribution < 1.29 is 0 Å². The number of rotatable bonds is 3. The van der Waals surface area contributed by atoms with E-state index in [1.54, 1.807) is 11.7 Å². The van der Waals surface area contributed by atoms with Crippen LogP contribution in [0.5, 0.6) is 0 Å². The standard InChI is InChI=1S/C11H13N9/c1-7-4-8(2)20(18-7)11-16-9(12-3)15-10(17-11)19-6-13-5-14-19/h4-6H,1-3H3,(H,12,15,16,17). The van der Waals surface area contributed by atoms with Gasteiger partial charge >= 0.3 is 0 Å². The van der Waals surface area contributed by atoms with Crippen molar-refractivity contribution in [3.05, 3.63) is 30.1 Å². The van der Waals surface area contributed by atoms with Gasteiger partial charge in [0.1, 0.15) is 12.7 Å². The van der Waals surface area contributed by atoms with Crippen molar-refractivity contribution >= 4 is 5.95 Å². The van der Waals surface area contributed by atoms with Crippen molar-refractivity contribution in [2.75, 3.05) is 12.4 Å². The van der Waals surface area contributed by atoms with E-state index in [0.717, 1.165) is 11.4 Å². The lowest BCUT2D eigenvalue weighted by Gasteiger charge is -2.07. The van der Waals surface area contributed by atoms with Gasteiger partial charge in [0.25, 0.3) is 11.9 Å². The Morgan fingerprint density at radius 2 is 1.90 bits per heavy atom. The molecule has 102 valence electrons. The molecule has 0 radical (unpaired) electrons. The zero-order chi connectivity index (χ0) is 14.1. The lowest BCUT2D eigenvalue weighted by molar-refractivity contribution is 0.730. The van der Waals surface area contributed by atoms with Crippen molar-refractivity contribution in [3.8, 4) is 11.9 Å². The van der Waals surface area contributed by atoms with Gasteiger partial charge in [0.2, 0.25) is 5.95 Å². The van der Waals surface area contributed by atoms with Crippen LogP contribution in [0.15, 0.2) is 18.7 Å². The third kappa shape index (κ3) is 2.09. The summed E-state index contributed by atoms with van der Waals surface area (Å²) in [4.78, 5) is 16.8. The second-order valence-corrected chi connectivity index (χ2v) is 4.19. The predicted molar refractivity (Wildman–Crippen MR) is 70.9 cm³/mol. The second kappa shape index (κ2) is 4.68. The maximum Gasteiger partial charge on any atom is 0.258 e. The van der Waals surface area contributed by atoms with Gasteiger partial charge in [-0.1, -0.05) is 0 Å². The molecule has 0 unspecified atom stereocenters. The summed E-state index contributed by atoms with van der Waals surface area (Å²) >= 11 is 0. The Bertz CT molecular complexity index is 728. The van der Waals surface area contributed by atoms with Crippen molar-refractivity contribution in [1.29, 1.82) is 0 Å². The fourth-order valence-electron chi connectivity index (χ4n) is 1.81. The zero-order valence-electron chi connectivity index (χ0n) is 11.3. The van der Waals surface area contributed by atoms with E-state index in [2.05, 4.69) is 35.5 Å². The maximum atomic E-state index is 4.37. The molecule has 3 rings (SSSR count). The predicted octanol–water partition coefficient (Wildman–Crippen LogP) is 0.297. The third-order valence-corrected chi connectivity index (χ3v) is 2.66. The van der Waals surface area contributed by atoms with Gasteiger partial charge in [0, 0.05) is 12.7 Å². The monoisotopic (exact) mass is 271 g/mol.